The molecule has 1 heterocycles. The minimum Gasteiger partial charge on any atom is -0.461 e. The SMILES string of the molecule is CCOC(=O)c1cc(CCCC(CC)NC(=O)OC(C)(C)C)nn1C1CCCCC1. The van der Waals surface area contributed by atoms with E-state index in [-0.39, 0.29) is 24.1 Å². The maximum absolute atomic E-state index is 12.4. The molecule has 2 rings (SSSR count). The number of rotatable bonds is 9. The first kappa shape index (κ1) is 24.2. The molecular formula is C23H39N3O4. The predicted molar refractivity (Wildman–Crippen MR) is 117 cm³/mol. The van der Waals surface area contributed by atoms with Crippen molar-refractivity contribution >= 4 is 12.1 Å². The highest BCUT2D eigenvalue weighted by Gasteiger charge is 2.24. The fourth-order valence-electron chi connectivity index (χ4n) is 3.91. The average Bonchev–Trinajstić information content (AvgIpc) is 3.11. The van der Waals surface area contributed by atoms with Gasteiger partial charge in [0.1, 0.15) is 11.3 Å². The molecule has 1 unspecified atom stereocenters. The zero-order valence-corrected chi connectivity index (χ0v) is 19.3. The van der Waals surface area contributed by atoms with Gasteiger partial charge in [0.15, 0.2) is 0 Å². The van der Waals surface area contributed by atoms with Gasteiger partial charge in [-0.25, -0.2) is 9.59 Å². The summed E-state index contributed by atoms with van der Waals surface area (Å²) >= 11 is 0. The quantitative estimate of drug-likeness (QED) is 0.555. The Balaban J connectivity index is 1.96. The molecule has 0 saturated heterocycles. The van der Waals surface area contributed by atoms with Gasteiger partial charge in [-0.3, -0.25) is 4.68 Å². The smallest absolute Gasteiger partial charge is 0.407 e. The lowest BCUT2D eigenvalue weighted by Gasteiger charge is -2.23. The Hall–Kier alpha value is -2.05. The van der Waals surface area contributed by atoms with Crippen molar-refractivity contribution in [3.63, 3.8) is 0 Å². The minimum atomic E-state index is -0.502. The molecule has 0 aliphatic heterocycles. The van der Waals surface area contributed by atoms with Gasteiger partial charge < -0.3 is 14.8 Å². The minimum absolute atomic E-state index is 0.0600. The highest BCUT2D eigenvalue weighted by Crippen LogP contribution is 2.29. The van der Waals surface area contributed by atoms with Gasteiger partial charge in [-0.15, -0.1) is 0 Å². The number of ether oxygens (including phenoxy) is 2. The van der Waals surface area contributed by atoms with Crippen LogP contribution in [-0.2, 0) is 15.9 Å². The molecule has 1 fully saturated rings. The largest absolute Gasteiger partial charge is 0.461 e. The fourth-order valence-corrected chi connectivity index (χ4v) is 3.91. The molecule has 1 amide bonds. The summed E-state index contributed by atoms with van der Waals surface area (Å²) in [4.78, 5) is 24.5. The number of carbonyl (C=O) groups excluding carboxylic acids is 2. The van der Waals surface area contributed by atoms with E-state index in [9.17, 15) is 9.59 Å². The molecule has 0 radical (unpaired) electrons. The first-order valence-electron chi connectivity index (χ1n) is 11.5. The van der Waals surface area contributed by atoms with Crippen LogP contribution in [0.4, 0.5) is 4.79 Å². The number of aromatic nitrogens is 2. The van der Waals surface area contributed by atoms with Gasteiger partial charge in [0.05, 0.1) is 18.3 Å². The van der Waals surface area contributed by atoms with Crippen LogP contribution in [0, 0.1) is 0 Å². The zero-order chi connectivity index (χ0) is 22.1. The molecule has 1 atom stereocenters. The van der Waals surface area contributed by atoms with E-state index in [1.165, 1.54) is 19.3 Å². The van der Waals surface area contributed by atoms with Crippen molar-refractivity contribution in [3.05, 3.63) is 17.5 Å². The van der Waals surface area contributed by atoms with Crippen LogP contribution >= 0.6 is 0 Å². The zero-order valence-electron chi connectivity index (χ0n) is 19.3. The van der Waals surface area contributed by atoms with E-state index in [2.05, 4.69) is 12.2 Å². The van der Waals surface area contributed by atoms with Crippen molar-refractivity contribution in [2.45, 2.75) is 110 Å². The molecule has 7 nitrogen and oxygen atoms in total. The molecule has 0 bridgehead atoms. The monoisotopic (exact) mass is 421 g/mol. The Kier molecular flexibility index (Phi) is 9.18. The van der Waals surface area contributed by atoms with Gasteiger partial charge in [-0.1, -0.05) is 26.2 Å². The molecule has 1 aliphatic rings. The summed E-state index contributed by atoms with van der Waals surface area (Å²) in [7, 11) is 0. The van der Waals surface area contributed by atoms with Crippen LogP contribution < -0.4 is 5.32 Å². The molecule has 0 aromatic carbocycles. The first-order chi connectivity index (χ1) is 14.2. The maximum Gasteiger partial charge on any atom is 0.407 e. The molecular weight excluding hydrogens is 382 g/mol. The third-order valence-electron chi connectivity index (χ3n) is 5.39. The van der Waals surface area contributed by atoms with Gasteiger partial charge in [0.2, 0.25) is 0 Å². The molecule has 0 spiro atoms. The summed E-state index contributed by atoms with van der Waals surface area (Å²) in [6.45, 7) is 9.81. The summed E-state index contributed by atoms with van der Waals surface area (Å²) in [6.07, 6.45) is 8.66. The number of hydrogen-bond acceptors (Lipinski definition) is 5. The Bertz CT molecular complexity index is 687. The normalized spacial score (nSPS) is 16.2. The summed E-state index contributed by atoms with van der Waals surface area (Å²) in [5.41, 5.74) is 0.978. The van der Waals surface area contributed by atoms with Crippen molar-refractivity contribution in [3.8, 4) is 0 Å². The lowest BCUT2D eigenvalue weighted by Crippen LogP contribution is -2.38. The van der Waals surface area contributed by atoms with Crippen molar-refractivity contribution < 1.29 is 19.1 Å². The van der Waals surface area contributed by atoms with Crippen molar-refractivity contribution in [1.82, 2.24) is 15.1 Å². The van der Waals surface area contributed by atoms with Gasteiger partial charge in [0, 0.05) is 6.04 Å². The number of carbonyl (C=O) groups is 2. The summed E-state index contributed by atoms with van der Waals surface area (Å²) in [5.74, 6) is -0.292. The third-order valence-corrected chi connectivity index (χ3v) is 5.39. The Morgan fingerprint density at radius 1 is 1.23 bits per heavy atom. The lowest BCUT2D eigenvalue weighted by atomic mass is 9.95. The van der Waals surface area contributed by atoms with E-state index in [1.807, 2.05) is 38.4 Å². The second-order valence-electron chi connectivity index (χ2n) is 9.12. The molecule has 30 heavy (non-hydrogen) atoms. The van der Waals surface area contributed by atoms with Crippen molar-refractivity contribution in [1.29, 1.82) is 0 Å². The second-order valence-corrected chi connectivity index (χ2v) is 9.12. The van der Waals surface area contributed by atoms with Gasteiger partial charge in [-0.2, -0.15) is 5.10 Å². The number of alkyl carbamates (subject to hydrolysis) is 1. The number of nitrogens with zero attached hydrogens (tertiary/aromatic N) is 2. The second kappa shape index (κ2) is 11.4. The first-order valence-corrected chi connectivity index (χ1v) is 11.5. The summed E-state index contributed by atoms with van der Waals surface area (Å²) in [6, 6.07) is 2.23. The molecule has 1 aromatic rings. The van der Waals surface area contributed by atoms with Crippen LogP contribution in [0.15, 0.2) is 6.07 Å². The molecule has 7 heteroatoms. The van der Waals surface area contributed by atoms with Crippen LogP contribution in [0.5, 0.6) is 0 Å². The molecule has 1 aliphatic carbocycles. The van der Waals surface area contributed by atoms with Crippen LogP contribution in [0.25, 0.3) is 0 Å². The Labute approximate surface area is 180 Å². The average molecular weight is 422 g/mol. The van der Waals surface area contributed by atoms with Gasteiger partial charge >= 0.3 is 12.1 Å². The van der Waals surface area contributed by atoms with Gasteiger partial charge in [0.25, 0.3) is 0 Å². The third kappa shape index (κ3) is 7.65. The van der Waals surface area contributed by atoms with Crippen LogP contribution in [0.3, 0.4) is 0 Å². The van der Waals surface area contributed by atoms with Crippen LogP contribution in [0.1, 0.15) is 108 Å². The van der Waals surface area contributed by atoms with E-state index in [4.69, 9.17) is 14.6 Å². The number of amides is 1. The Morgan fingerprint density at radius 3 is 2.53 bits per heavy atom. The molecule has 1 aromatic heterocycles. The van der Waals surface area contributed by atoms with E-state index in [0.29, 0.717) is 12.3 Å². The van der Waals surface area contributed by atoms with Crippen molar-refractivity contribution in [2.24, 2.45) is 0 Å². The number of aryl methyl sites for hydroxylation is 1. The van der Waals surface area contributed by atoms with Crippen LogP contribution in [0.2, 0.25) is 0 Å². The summed E-state index contributed by atoms with van der Waals surface area (Å²) in [5, 5.41) is 7.72. The lowest BCUT2D eigenvalue weighted by molar-refractivity contribution is 0.0492. The number of nitrogens with one attached hydrogen (secondary N) is 1. The fraction of sp³-hybridized carbons (Fsp3) is 0.783. The molecule has 170 valence electrons. The van der Waals surface area contributed by atoms with E-state index >= 15 is 0 Å². The van der Waals surface area contributed by atoms with E-state index in [0.717, 1.165) is 44.2 Å². The topological polar surface area (TPSA) is 82.4 Å². The van der Waals surface area contributed by atoms with Gasteiger partial charge in [-0.05, 0) is 72.3 Å². The predicted octanol–water partition coefficient (Wildman–Crippen LogP) is 5.19. The van der Waals surface area contributed by atoms with E-state index < -0.39 is 5.60 Å². The number of hydrogen-bond donors (Lipinski definition) is 1. The summed E-state index contributed by atoms with van der Waals surface area (Å²) < 4.78 is 12.5. The molecule has 1 saturated carbocycles. The van der Waals surface area contributed by atoms with Crippen molar-refractivity contribution in [2.75, 3.05) is 6.61 Å². The number of esters is 1. The standard InChI is InChI=1S/C23H39N3O4/c1-6-17(24-22(28)30-23(3,4)5)12-11-13-18-16-20(21(27)29-7-2)26(25-18)19-14-9-8-10-15-19/h16-17,19H,6-15H2,1-5H3,(H,24,28). The van der Waals surface area contributed by atoms with Crippen LogP contribution in [-0.4, -0.2) is 40.1 Å². The highest BCUT2D eigenvalue weighted by molar-refractivity contribution is 5.87. The molecule has 1 N–H and O–H groups in total. The highest BCUT2D eigenvalue weighted by atomic mass is 16.6. The van der Waals surface area contributed by atoms with E-state index in [1.54, 1.807) is 0 Å². The maximum atomic E-state index is 12.4. The Morgan fingerprint density at radius 2 is 1.93 bits per heavy atom.